The van der Waals surface area contributed by atoms with Gasteiger partial charge in [-0.05, 0) is 50.8 Å². The number of aromatic nitrogens is 2. The van der Waals surface area contributed by atoms with Gasteiger partial charge in [0.25, 0.3) is 11.6 Å². The number of benzene rings is 1. The van der Waals surface area contributed by atoms with Crippen molar-refractivity contribution in [3.8, 4) is 0 Å². The Kier molecular flexibility index (Phi) is 3.60. The van der Waals surface area contributed by atoms with Gasteiger partial charge in [-0.3, -0.25) is 9.59 Å². The average Bonchev–Trinajstić information content (AvgIpc) is 3.58. The lowest BCUT2D eigenvalue weighted by atomic mass is 10.0. The largest absolute Gasteiger partial charge is 0.335 e. The minimum Gasteiger partial charge on any atom is -0.335 e. The summed E-state index contributed by atoms with van der Waals surface area (Å²) in [5.74, 6) is 0.381. The van der Waals surface area contributed by atoms with Gasteiger partial charge in [0.05, 0.1) is 22.3 Å². The Hall–Kier alpha value is -3.02. The first-order chi connectivity index (χ1) is 13.1. The van der Waals surface area contributed by atoms with Crippen molar-refractivity contribution >= 4 is 28.5 Å². The number of fused-ring (bicyclic) bond motifs is 1. The molecule has 136 valence electrons. The number of carbonyl (C=O) groups excluding carboxylic acids is 2. The molecule has 0 unspecified atom stereocenters. The van der Waals surface area contributed by atoms with Crippen molar-refractivity contribution in [2.45, 2.75) is 44.4 Å². The monoisotopic (exact) mass is 361 g/mol. The molecule has 0 spiro atoms. The van der Waals surface area contributed by atoms with Crippen molar-refractivity contribution in [1.82, 2.24) is 10.1 Å². The summed E-state index contributed by atoms with van der Waals surface area (Å²) in [5, 5.41) is 7.82. The second-order valence-electron chi connectivity index (χ2n) is 7.45. The Morgan fingerprint density at radius 2 is 1.81 bits per heavy atom. The van der Waals surface area contributed by atoms with E-state index >= 15 is 0 Å². The third kappa shape index (κ3) is 2.91. The first-order valence-corrected chi connectivity index (χ1v) is 9.33. The number of nitrogens with zero attached hydrogens (tertiary/aromatic N) is 2. The normalized spacial score (nSPS) is 16.5. The Morgan fingerprint density at radius 1 is 1.07 bits per heavy atom. The van der Waals surface area contributed by atoms with Crippen LogP contribution >= 0.6 is 0 Å². The predicted molar refractivity (Wildman–Crippen MR) is 100 cm³/mol. The first-order valence-electron chi connectivity index (χ1n) is 9.33. The molecule has 2 saturated carbocycles. The molecule has 3 aromatic rings. The number of hydrogen-bond donors (Lipinski definition) is 1. The average molecular weight is 361 g/mol. The van der Waals surface area contributed by atoms with Gasteiger partial charge in [0.2, 0.25) is 0 Å². The number of rotatable bonds is 5. The zero-order chi connectivity index (χ0) is 18.5. The molecule has 1 aromatic carbocycles. The fourth-order valence-electron chi connectivity index (χ4n) is 3.48. The standard InChI is InChI=1S/C21H19N3O3/c1-11(25)14-4-2-3-5-16(14)22-20(26)15-10-17(12-6-7-12)23-21-18(15)19(24-27-21)13-8-9-13/h2-5,10,12-13H,6-9H2,1H3,(H,22,26). The van der Waals surface area contributed by atoms with E-state index in [0.29, 0.717) is 39.7 Å². The van der Waals surface area contributed by atoms with Gasteiger partial charge in [-0.1, -0.05) is 17.3 Å². The zero-order valence-corrected chi connectivity index (χ0v) is 15.0. The molecule has 2 aliphatic carbocycles. The third-order valence-electron chi connectivity index (χ3n) is 5.25. The van der Waals surface area contributed by atoms with Gasteiger partial charge in [-0.2, -0.15) is 0 Å². The molecule has 5 rings (SSSR count). The van der Waals surface area contributed by atoms with Crippen LogP contribution in [0.1, 0.15) is 76.5 Å². The van der Waals surface area contributed by atoms with Crippen molar-refractivity contribution in [3.05, 3.63) is 52.8 Å². The van der Waals surface area contributed by atoms with E-state index in [9.17, 15) is 9.59 Å². The number of para-hydroxylation sites is 1. The number of pyridine rings is 1. The van der Waals surface area contributed by atoms with Crippen LogP contribution in [0.2, 0.25) is 0 Å². The number of Topliss-reactive ketones (excluding diaryl/α,β-unsaturated/α-hetero) is 1. The van der Waals surface area contributed by atoms with Crippen LogP contribution in [0.4, 0.5) is 5.69 Å². The summed E-state index contributed by atoms with van der Waals surface area (Å²) in [7, 11) is 0. The van der Waals surface area contributed by atoms with Crippen LogP contribution in [-0.4, -0.2) is 21.8 Å². The summed E-state index contributed by atoms with van der Waals surface area (Å²) in [4.78, 5) is 29.6. The highest BCUT2D eigenvalue weighted by atomic mass is 16.5. The molecule has 0 bridgehead atoms. The molecule has 27 heavy (non-hydrogen) atoms. The van der Waals surface area contributed by atoms with Crippen molar-refractivity contribution in [2.75, 3.05) is 5.32 Å². The summed E-state index contributed by atoms with van der Waals surface area (Å²) in [6.07, 6.45) is 4.27. The third-order valence-corrected chi connectivity index (χ3v) is 5.25. The molecule has 1 N–H and O–H groups in total. The fourth-order valence-corrected chi connectivity index (χ4v) is 3.48. The number of anilines is 1. The van der Waals surface area contributed by atoms with E-state index < -0.39 is 0 Å². The van der Waals surface area contributed by atoms with Crippen LogP contribution in [0.3, 0.4) is 0 Å². The number of carbonyl (C=O) groups is 2. The number of amides is 1. The van der Waals surface area contributed by atoms with Crippen LogP contribution in [0.5, 0.6) is 0 Å². The van der Waals surface area contributed by atoms with E-state index in [1.54, 1.807) is 24.3 Å². The summed E-state index contributed by atoms with van der Waals surface area (Å²) in [6.45, 7) is 1.49. The molecule has 2 aliphatic rings. The van der Waals surface area contributed by atoms with Crippen LogP contribution < -0.4 is 5.32 Å². The molecule has 1 amide bonds. The lowest BCUT2D eigenvalue weighted by Crippen LogP contribution is -2.15. The van der Waals surface area contributed by atoms with Gasteiger partial charge in [0.15, 0.2) is 5.78 Å². The Morgan fingerprint density at radius 3 is 2.52 bits per heavy atom. The predicted octanol–water partition coefficient (Wildman–Crippen LogP) is 4.43. The molecule has 2 fully saturated rings. The van der Waals surface area contributed by atoms with Crippen molar-refractivity contribution in [3.63, 3.8) is 0 Å². The summed E-state index contributed by atoms with van der Waals surface area (Å²) >= 11 is 0. The van der Waals surface area contributed by atoms with Crippen LogP contribution in [0.15, 0.2) is 34.9 Å². The molecule has 2 heterocycles. The van der Waals surface area contributed by atoms with E-state index in [0.717, 1.165) is 37.1 Å². The van der Waals surface area contributed by atoms with Crippen molar-refractivity contribution in [2.24, 2.45) is 0 Å². The molecule has 0 saturated heterocycles. The van der Waals surface area contributed by atoms with E-state index in [1.807, 2.05) is 6.07 Å². The minimum absolute atomic E-state index is 0.0897. The van der Waals surface area contributed by atoms with Gasteiger partial charge in [-0.25, -0.2) is 4.98 Å². The molecule has 2 aromatic heterocycles. The van der Waals surface area contributed by atoms with Gasteiger partial charge in [-0.15, -0.1) is 0 Å². The molecule has 6 heteroatoms. The van der Waals surface area contributed by atoms with E-state index in [4.69, 9.17) is 4.52 Å². The first kappa shape index (κ1) is 16.2. The Balaban J connectivity index is 1.60. The summed E-state index contributed by atoms with van der Waals surface area (Å²) in [5.41, 5.74) is 3.68. The van der Waals surface area contributed by atoms with E-state index in [1.165, 1.54) is 6.92 Å². The Bertz CT molecular complexity index is 1080. The fraction of sp³-hybridized carbons (Fsp3) is 0.333. The summed E-state index contributed by atoms with van der Waals surface area (Å²) in [6, 6.07) is 8.91. The lowest BCUT2D eigenvalue weighted by Gasteiger charge is -2.11. The highest BCUT2D eigenvalue weighted by Crippen LogP contribution is 2.45. The zero-order valence-electron chi connectivity index (χ0n) is 15.0. The smallest absolute Gasteiger partial charge is 0.259 e. The van der Waals surface area contributed by atoms with Gasteiger partial charge >= 0.3 is 0 Å². The number of nitrogens with one attached hydrogen (secondary N) is 1. The second kappa shape index (κ2) is 6.01. The highest BCUT2D eigenvalue weighted by molar-refractivity contribution is 6.14. The minimum atomic E-state index is -0.261. The molecular formula is C21H19N3O3. The van der Waals surface area contributed by atoms with Crippen molar-refractivity contribution < 1.29 is 14.1 Å². The topological polar surface area (TPSA) is 85.1 Å². The molecule has 0 radical (unpaired) electrons. The molecule has 6 nitrogen and oxygen atoms in total. The van der Waals surface area contributed by atoms with Crippen LogP contribution in [0.25, 0.3) is 11.1 Å². The number of hydrogen-bond acceptors (Lipinski definition) is 5. The van der Waals surface area contributed by atoms with Crippen LogP contribution in [-0.2, 0) is 0 Å². The van der Waals surface area contributed by atoms with Crippen LogP contribution in [0, 0.1) is 0 Å². The molecule has 0 atom stereocenters. The quantitative estimate of drug-likeness (QED) is 0.679. The van der Waals surface area contributed by atoms with E-state index in [2.05, 4.69) is 15.5 Å². The Labute approximate surface area is 156 Å². The second-order valence-corrected chi connectivity index (χ2v) is 7.45. The lowest BCUT2D eigenvalue weighted by molar-refractivity contribution is 0.101. The van der Waals surface area contributed by atoms with E-state index in [-0.39, 0.29) is 11.7 Å². The van der Waals surface area contributed by atoms with Gasteiger partial charge in [0, 0.05) is 23.1 Å². The SMILES string of the molecule is CC(=O)c1ccccc1NC(=O)c1cc(C2CC2)nc2onc(C3CC3)c12. The molecular weight excluding hydrogens is 342 g/mol. The number of ketones is 1. The maximum absolute atomic E-state index is 13.2. The maximum Gasteiger partial charge on any atom is 0.259 e. The van der Waals surface area contributed by atoms with Crippen molar-refractivity contribution in [1.29, 1.82) is 0 Å². The summed E-state index contributed by atoms with van der Waals surface area (Å²) < 4.78 is 5.48. The van der Waals surface area contributed by atoms with Gasteiger partial charge in [0.1, 0.15) is 0 Å². The highest BCUT2D eigenvalue weighted by Gasteiger charge is 2.34. The maximum atomic E-state index is 13.2. The van der Waals surface area contributed by atoms with Gasteiger partial charge < -0.3 is 9.84 Å². The molecule has 0 aliphatic heterocycles.